The number of hydrogen-bond donors (Lipinski definition) is 2. The van der Waals surface area contributed by atoms with E-state index >= 15 is 0 Å². The van der Waals surface area contributed by atoms with Gasteiger partial charge in [-0.2, -0.15) is 0 Å². The number of aromatic nitrogens is 1. The molecule has 0 aliphatic heterocycles. The summed E-state index contributed by atoms with van der Waals surface area (Å²) in [4.78, 5) is 14.3. The van der Waals surface area contributed by atoms with Gasteiger partial charge in [-0.3, -0.25) is 0 Å². The van der Waals surface area contributed by atoms with E-state index in [9.17, 15) is 9.18 Å². The number of rotatable bonds is 5. The molecule has 1 aromatic carbocycles. The van der Waals surface area contributed by atoms with Gasteiger partial charge in [0, 0.05) is 23.8 Å². The second kappa shape index (κ2) is 6.34. The number of carbonyl (C=O) groups is 1. The summed E-state index contributed by atoms with van der Waals surface area (Å²) < 4.78 is 18.2. The van der Waals surface area contributed by atoms with Crippen LogP contribution < -0.4 is 5.32 Å². The first-order valence-electron chi connectivity index (χ1n) is 6.36. The van der Waals surface area contributed by atoms with Gasteiger partial charge in [0.05, 0.1) is 7.11 Å². The molecule has 106 valence electrons. The number of methoxy groups -OCH3 is 1. The van der Waals surface area contributed by atoms with Crippen LogP contribution in [-0.4, -0.2) is 18.1 Å². The van der Waals surface area contributed by atoms with E-state index < -0.39 is 5.97 Å². The molecule has 0 amide bonds. The molecule has 0 radical (unpaired) electrons. The lowest BCUT2D eigenvalue weighted by molar-refractivity contribution is 0.0594. The maximum absolute atomic E-state index is 13.6. The Labute approximate surface area is 117 Å². The van der Waals surface area contributed by atoms with Gasteiger partial charge in [-0.05, 0) is 25.1 Å². The van der Waals surface area contributed by atoms with E-state index in [1.807, 2.05) is 6.92 Å². The lowest BCUT2D eigenvalue weighted by Gasteiger charge is -2.14. The van der Waals surface area contributed by atoms with Crippen molar-refractivity contribution in [3.63, 3.8) is 0 Å². The first kappa shape index (κ1) is 14.3. The number of carbonyl (C=O) groups excluding carboxylic acids is 1. The Morgan fingerprint density at radius 3 is 2.80 bits per heavy atom. The second-order valence-electron chi connectivity index (χ2n) is 4.51. The molecule has 5 heteroatoms. The third-order valence-electron chi connectivity index (χ3n) is 3.12. The number of benzene rings is 1. The topological polar surface area (TPSA) is 54.1 Å². The first-order valence-corrected chi connectivity index (χ1v) is 6.36. The van der Waals surface area contributed by atoms with Crippen LogP contribution in [0.15, 0.2) is 36.4 Å². The highest BCUT2D eigenvalue weighted by atomic mass is 19.1. The van der Waals surface area contributed by atoms with Gasteiger partial charge in [0.15, 0.2) is 0 Å². The molecule has 0 unspecified atom stereocenters. The molecule has 2 aromatic rings. The van der Waals surface area contributed by atoms with Crippen molar-refractivity contribution >= 4 is 5.97 Å². The van der Waals surface area contributed by atoms with Crippen LogP contribution in [0.1, 0.15) is 34.7 Å². The molecule has 1 atom stereocenters. The van der Waals surface area contributed by atoms with Crippen LogP contribution in [0.25, 0.3) is 0 Å². The minimum Gasteiger partial charge on any atom is -0.464 e. The lowest BCUT2D eigenvalue weighted by Crippen LogP contribution is -2.19. The molecule has 0 saturated heterocycles. The summed E-state index contributed by atoms with van der Waals surface area (Å²) in [5.41, 5.74) is 1.86. The van der Waals surface area contributed by atoms with Crippen LogP contribution in [-0.2, 0) is 11.3 Å². The molecular formula is C15H17FN2O2. The van der Waals surface area contributed by atoms with Crippen LogP contribution >= 0.6 is 0 Å². The fraction of sp³-hybridized carbons (Fsp3) is 0.267. The van der Waals surface area contributed by atoms with Gasteiger partial charge < -0.3 is 15.0 Å². The van der Waals surface area contributed by atoms with Crippen LogP contribution in [0.4, 0.5) is 4.39 Å². The summed E-state index contributed by atoms with van der Waals surface area (Å²) in [5.74, 6) is -0.632. The molecule has 0 aliphatic rings. The average Bonchev–Trinajstić information content (AvgIpc) is 2.93. The lowest BCUT2D eigenvalue weighted by atomic mass is 10.1. The van der Waals surface area contributed by atoms with Crippen LogP contribution in [0.5, 0.6) is 0 Å². The van der Waals surface area contributed by atoms with Gasteiger partial charge in [0.25, 0.3) is 0 Å². The summed E-state index contributed by atoms with van der Waals surface area (Å²) in [6, 6.07) is 10.0. The number of aromatic amines is 1. The largest absolute Gasteiger partial charge is 0.464 e. The molecule has 0 saturated carbocycles. The van der Waals surface area contributed by atoms with E-state index in [0.717, 1.165) is 5.69 Å². The van der Waals surface area contributed by atoms with Crippen molar-refractivity contribution < 1.29 is 13.9 Å². The van der Waals surface area contributed by atoms with Crippen LogP contribution in [0.3, 0.4) is 0 Å². The quantitative estimate of drug-likeness (QED) is 0.826. The Bertz CT molecular complexity index is 595. The molecule has 0 aliphatic carbocycles. The van der Waals surface area contributed by atoms with Gasteiger partial charge in [-0.1, -0.05) is 18.2 Å². The highest BCUT2D eigenvalue weighted by molar-refractivity contribution is 5.87. The van der Waals surface area contributed by atoms with E-state index in [-0.39, 0.29) is 11.9 Å². The molecule has 1 aromatic heterocycles. The van der Waals surface area contributed by atoms with Crippen LogP contribution in [0, 0.1) is 5.82 Å². The van der Waals surface area contributed by atoms with Gasteiger partial charge in [-0.25, -0.2) is 9.18 Å². The van der Waals surface area contributed by atoms with Crippen molar-refractivity contribution in [3.05, 3.63) is 59.2 Å². The Morgan fingerprint density at radius 2 is 2.10 bits per heavy atom. The molecule has 20 heavy (non-hydrogen) atoms. The first-order chi connectivity index (χ1) is 9.61. The predicted molar refractivity (Wildman–Crippen MR) is 73.8 cm³/mol. The Hall–Kier alpha value is -2.14. The maximum Gasteiger partial charge on any atom is 0.354 e. The summed E-state index contributed by atoms with van der Waals surface area (Å²) in [7, 11) is 1.33. The standard InChI is InChI=1S/C15H17FN2O2/c1-10(12-5-3-4-6-13(12)16)17-9-11-7-8-14(18-11)15(19)20-2/h3-8,10,17-18H,9H2,1-2H3/t10-/m1/s1. The normalized spacial score (nSPS) is 12.2. The Balaban J connectivity index is 1.97. The molecule has 2 N–H and O–H groups in total. The zero-order valence-electron chi connectivity index (χ0n) is 11.4. The fourth-order valence-corrected chi connectivity index (χ4v) is 1.97. The minimum absolute atomic E-state index is 0.124. The Morgan fingerprint density at radius 1 is 1.35 bits per heavy atom. The second-order valence-corrected chi connectivity index (χ2v) is 4.51. The van der Waals surface area contributed by atoms with E-state index in [0.29, 0.717) is 17.8 Å². The summed E-state index contributed by atoms with van der Waals surface area (Å²) in [5, 5.41) is 3.20. The van der Waals surface area contributed by atoms with Crippen molar-refractivity contribution in [2.24, 2.45) is 0 Å². The van der Waals surface area contributed by atoms with Crippen LogP contribution in [0.2, 0.25) is 0 Å². The number of ether oxygens (including phenoxy) is 1. The molecule has 1 heterocycles. The van der Waals surface area contributed by atoms with Gasteiger partial charge >= 0.3 is 5.97 Å². The van der Waals surface area contributed by atoms with Crippen molar-refractivity contribution in [1.82, 2.24) is 10.3 Å². The zero-order chi connectivity index (χ0) is 14.5. The number of nitrogens with one attached hydrogen (secondary N) is 2. The fourth-order valence-electron chi connectivity index (χ4n) is 1.97. The van der Waals surface area contributed by atoms with E-state index in [4.69, 9.17) is 0 Å². The SMILES string of the molecule is COC(=O)c1ccc(CN[C@H](C)c2ccccc2F)[nH]1. The van der Waals surface area contributed by atoms with Crippen molar-refractivity contribution in [1.29, 1.82) is 0 Å². The average molecular weight is 276 g/mol. The summed E-state index contributed by atoms with van der Waals surface area (Å²) >= 11 is 0. The highest BCUT2D eigenvalue weighted by Gasteiger charge is 2.11. The van der Waals surface area contributed by atoms with E-state index in [1.165, 1.54) is 13.2 Å². The monoisotopic (exact) mass is 276 g/mol. The molecule has 0 bridgehead atoms. The van der Waals surface area contributed by atoms with E-state index in [1.54, 1.807) is 30.3 Å². The van der Waals surface area contributed by atoms with Gasteiger partial charge in [-0.15, -0.1) is 0 Å². The molecule has 4 nitrogen and oxygen atoms in total. The van der Waals surface area contributed by atoms with E-state index in [2.05, 4.69) is 15.0 Å². The number of esters is 1. The molecular weight excluding hydrogens is 259 g/mol. The smallest absolute Gasteiger partial charge is 0.354 e. The predicted octanol–water partition coefficient (Wildman–Crippen LogP) is 2.79. The highest BCUT2D eigenvalue weighted by Crippen LogP contribution is 2.16. The summed E-state index contributed by atoms with van der Waals surface area (Å²) in [6.07, 6.45) is 0. The maximum atomic E-state index is 13.6. The number of H-pyrrole nitrogens is 1. The molecule has 0 fully saturated rings. The number of halogens is 1. The Kier molecular flexibility index (Phi) is 4.53. The van der Waals surface area contributed by atoms with Gasteiger partial charge in [0.1, 0.15) is 11.5 Å². The zero-order valence-corrected chi connectivity index (χ0v) is 11.4. The third kappa shape index (κ3) is 3.24. The molecule has 2 rings (SSSR count). The van der Waals surface area contributed by atoms with Crippen molar-refractivity contribution in [2.75, 3.05) is 7.11 Å². The van der Waals surface area contributed by atoms with Crippen molar-refractivity contribution in [3.8, 4) is 0 Å². The minimum atomic E-state index is -0.404. The van der Waals surface area contributed by atoms with Gasteiger partial charge in [0.2, 0.25) is 0 Å². The number of hydrogen-bond acceptors (Lipinski definition) is 3. The van der Waals surface area contributed by atoms with Crippen molar-refractivity contribution in [2.45, 2.75) is 19.5 Å². The third-order valence-corrected chi connectivity index (χ3v) is 3.12. The molecule has 0 spiro atoms. The summed E-state index contributed by atoms with van der Waals surface area (Å²) in [6.45, 7) is 2.40.